The Morgan fingerprint density at radius 2 is 1.87 bits per heavy atom. The highest BCUT2D eigenvalue weighted by atomic mass is 32.2. The number of fused-ring (bicyclic) bond motifs is 1. The van der Waals surface area contributed by atoms with Gasteiger partial charge in [-0.25, -0.2) is 0 Å². The first-order valence-corrected chi connectivity index (χ1v) is 5.64. The lowest BCUT2D eigenvalue weighted by Gasteiger charge is -2.02. The molecule has 5 heteroatoms. The molecule has 2 aromatic rings. The molecule has 0 aliphatic heterocycles. The molecule has 0 spiro atoms. The Morgan fingerprint density at radius 1 is 1.13 bits per heavy atom. The molecular formula is C10H8NO3S. The minimum absolute atomic E-state index is 0.185. The molecular weight excluding hydrogens is 214 g/mol. The third-order valence-corrected chi connectivity index (χ3v) is 3.00. The van der Waals surface area contributed by atoms with Gasteiger partial charge in [0.15, 0.2) is 0 Å². The van der Waals surface area contributed by atoms with Crippen LogP contribution in [0.15, 0.2) is 41.3 Å². The van der Waals surface area contributed by atoms with Gasteiger partial charge < -0.3 is 5.73 Å². The summed E-state index contributed by atoms with van der Waals surface area (Å²) in [7, 11) is -4.19. The minimum Gasteiger partial charge on any atom is -0.300 e. The number of hydrogen-bond donors (Lipinski definition) is 1. The van der Waals surface area contributed by atoms with E-state index in [2.05, 4.69) is 0 Å². The Bertz CT molecular complexity index is 620. The highest BCUT2D eigenvalue weighted by molar-refractivity contribution is 7.85. The van der Waals surface area contributed by atoms with E-state index in [-0.39, 0.29) is 10.6 Å². The lowest BCUT2D eigenvalue weighted by molar-refractivity contribution is 0.483. The summed E-state index contributed by atoms with van der Waals surface area (Å²) in [5.41, 5.74) is 7.82. The first-order chi connectivity index (χ1) is 6.98. The summed E-state index contributed by atoms with van der Waals surface area (Å²) in [6.45, 7) is 0. The number of benzene rings is 2. The predicted octanol–water partition coefficient (Wildman–Crippen LogP) is 2.00. The van der Waals surface area contributed by atoms with Crippen molar-refractivity contribution in [3.63, 3.8) is 0 Å². The van der Waals surface area contributed by atoms with Gasteiger partial charge in [-0.15, -0.1) is 0 Å². The van der Waals surface area contributed by atoms with E-state index in [9.17, 15) is 8.42 Å². The first-order valence-electron chi connectivity index (χ1n) is 4.20. The molecule has 1 radical (unpaired) electrons. The van der Waals surface area contributed by atoms with Crippen LogP contribution in [0.5, 0.6) is 0 Å². The quantitative estimate of drug-likeness (QED) is 0.749. The third-order valence-electron chi connectivity index (χ3n) is 2.15. The molecule has 0 atom stereocenters. The van der Waals surface area contributed by atoms with Crippen molar-refractivity contribution in [2.24, 2.45) is 0 Å². The zero-order valence-electron chi connectivity index (χ0n) is 7.64. The molecule has 0 unspecified atom stereocenters. The smallest absolute Gasteiger partial charge is 0.294 e. The highest BCUT2D eigenvalue weighted by Gasteiger charge is 2.10. The molecule has 0 heterocycles. The second kappa shape index (κ2) is 3.22. The summed E-state index contributed by atoms with van der Waals surface area (Å²) >= 11 is 0. The van der Waals surface area contributed by atoms with Gasteiger partial charge in [0.1, 0.15) is 0 Å². The Kier molecular flexibility index (Phi) is 2.13. The van der Waals surface area contributed by atoms with Crippen LogP contribution in [0.1, 0.15) is 0 Å². The van der Waals surface area contributed by atoms with Crippen LogP contribution in [0.2, 0.25) is 0 Å². The van der Waals surface area contributed by atoms with Crippen molar-refractivity contribution in [1.29, 1.82) is 0 Å². The van der Waals surface area contributed by atoms with E-state index in [1.807, 2.05) is 0 Å². The van der Waals surface area contributed by atoms with Crippen LogP contribution in [0.4, 0.5) is 5.69 Å². The molecule has 15 heavy (non-hydrogen) atoms. The van der Waals surface area contributed by atoms with Crippen molar-refractivity contribution in [2.75, 3.05) is 0 Å². The molecule has 0 bridgehead atoms. The van der Waals surface area contributed by atoms with Crippen LogP contribution >= 0.6 is 0 Å². The van der Waals surface area contributed by atoms with E-state index in [0.29, 0.717) is 5.39 Å². The van der Waals surface area contributed by atoms with Crippen molar-refractivity contribution < 1.29 is 13.0 Å². The molecule has 0 aromatic heterocycles. The molecule has 0 fully saturated rings. The first kappa shape index (κ1) is 9.95. The van der Waals surface area contributed by atoms with Crippen molar-refractivity contribution in [2.45, 2.75) is 4.90 Å². The monoisotopic (exact) mass is 222 g/mol. The number of hydrogen-bond acceptors (Lipinski definition) is 2. The Labute approximate surface area is 87.1 Å². The molecule has 77 valence electrons. The molecule has 4 nitrogen and oxygen atoms in total. The van der Waals surface area contributed by atoms with Gasteiger partial charge in [-0.3, -0.25) is 4.55 Å². The fraction of sp³-hybridized carbons (Fsp3) is 0. The van der Waals surface area contributed by atoms with Gasteiger partial charge in [0.2, 0.25) is 0 Å². The Morgan fingerprint density at radius 3 is 2.53 bits per heavy atom. The molecule has 0 amide bonds. The lowest BCUT2D eigenvalue weighted by atomic mass is 10.1. The molecule has 0 aliphatic carbocycles. The summed E-state index contributed by atoms with van der Waals surface area (Å²) in [5.74, 6) is 0. The van der Waals surface area contributed by atoms with Gasteiger partial charge in [-0.2, -0.15) is 8.42 Å². The molecule has 2 aromatic carbocycles. The van der Waals surface area contributed by atoms with Crippen molar-refractivity contribution in [3.05, 3.63) is 36.4 Å². The SMILES string of the molecule is [NH]c1cccc2ccc(S(=O)(=O)O)cc12. The normalized spacial score (nSPS) is 11.8. The molecule has 2 rings (SSSR count). The van der Waals surface area contributed by atoms with Gasteiger partial charge in [0.25, 0.3) is 10.1 Å². The predicted molar refractivity (Wildman–Crippen MR) is 56.5 cm³/mol. The van der Waals surface area contributed by atoms with Crippen LogP contribution in [0, 0.1) is 0 Å². The average molecular weight is 222 g/mol. The second-order valence-corrected chi connectivity index (χ2v) is 4.59. The van der Waals surface area contributed by atoms with Gasteiger partial charge in [0.05, 0.1) is 10.6 Å². The maximum absolute atomic E-state index is 10.9. The maximum atomic E-state index is 10.9. The van der Waals surface area contributed by atoms with Crippen molar-refractivity contribution in [1.82, 2.24) is 5.73 Å². The molecule has 0 saturated heterocycles. The molecule has 2 N–H and O–H groups in total. The zero-order valence-corrected chi connectivity index (χ0v) is 8.45. The summed E-state index contributed by atoms with van der Waals surface area (Å²) in [4.78, 5) is -0.185. The summed E-state index contributed by atoms with van der Waals surface area (Å²) in [6, 6.07) is 9.25. The van der Waals surface area contributed by atoms with Gasteiger partial charge >= 0.3 is 0 Å². The highest BCUT2D eigenvalue weighted by Crippen LogP contribution is 2.24. The minimum atomic E-state index is -4.19. The van der Waals surface area contributed by atoms with E-state index in [0.717, 1.165) is 5.39 Å². The largest absolute Gasteiger partial charge is 0.300 e. The topological polar surface area (TPSA) is 78.2 Å². The van der Waals surface area contributed by atoms with Crippen molar-refractivity contribution in [3.8, 4) is 0 Å². The van der Waals surface area contributed by atoms with E-state index < -0.39 is 10.1 Å². The Hall–Kier alpha value is -1.59. The summed E-state index contributed by atoms with van der Waals surface area (Å²) in [5, 5.41) is 1.28. The zero-order chi connectivity index (χ0) is 11.1. The average Bonchev–Trinajstić information content (AvgIpc) is 2.16. The molecule has 0 saturated carbocycles. The second-order valence-electron chi connectivity index (χ2n) is 3.16. The van der Waals surface area contributed by atoms with Gasteiger partial charge in [-0.1, -0.05) is 18.2 Å². The fourth-order valence-corrected chi connectivity index (χ4v) is 1.92. The van der Waals surface area contributed by atoms with E-state index >= 15 is 0 Å². The summed E-state index contributed by atoms with van der Waals surface area (Å²) < 4.78 is 30.6. The van der Waals surface area contributed by atoms with Crippen LogP contribution in [0.25, 0.3) is 10.8 Å². The standard InChI is InChI=1S/C10H8NO3S/c11-10-3-1-2-7-4-5-8(6-9(7)10)15(12,13)14/h1-6,11H,(H,12,13,14). The van der Waals surface area contributed by atoms with Gasteiger partial charge in [-0.05, 0) is 23.6 Å². The number of nitrogens with one attached hydrogen (secondary N) is 1. The fourth-order valence-electron chi connectivity index (χ4n) is 1.41. The Balaban J connectivity index is 2.81. The van der Waals surface area contributed by atoms with E-state index in [1.165, 1.54) is 12.1 Å². The maximum Gasteiger partial charge on any atom is 0.294 e. The van der Waals surface area contributed by atoms with E-state index in [1.54, 1.807) is 24.3 Å². The lowest BCUT2D eigenvalue weighted by Crippen LogP contribution is -1.97. The number of rotatable bonds is 1. The molecule has 0 aliphatic rings. The van der Waals surface area contributed by atoms with Crippen LogP contribution in [-0.4, -0.2) is 13.0 Å². The van der Waals surface area contributed by atoms with Gasteiger partial charge in [0, 0.05) is 5.39 Å². The third kappa shape index (κ3) is 1.79. The van der Waals surface area contributed by atoms with E-state index in [4.69, 9.17) is 10.3 Å². The van der Waals surface area contributed by atoms with Crippen molar-refractivity contribution >= 4 is 26.6 Å². The van der Waals surface area contributed by atoms with Crippen LogP contribution in [0.3, 0.4) is 0 Å². The van der Waals surface area contributed by atoms with Crippen LogP contribution in [-0.2, 0) is 10.1 Å². The summed E-state index contributed by atoms with van der Waals surface area (Å²) in [6.07, 6.45) is 0. The van der Waals surface area contributed by atoms with Crippen LogP contribution < -0.4 is 5.73 Å².